The predicted octanol–water partition coefficient (Wildman–Crippen LogP) is 3.55. The Morgan fingerprint density at radius 2 is 1.64 bits per heavy atom. The molecule has 0 radical (unpaired) electrons. The lowest BCUT2D eigenvalue weighted by Gasteiger charge is -2.16. The Bertz CT molecular complexity index is 876. The van der Waals surface area contributed by atoms with Crippen LogP contribution in [0.3, 0.4) is 0 Å². The molecule has 4 rings (SSSR count). The lowest BCUT2D eigenvalue weighted by Crippen LogP contribution is -2.20. The first-order valence-corrected chi connectivity index (χ1v) is 7.09. The zero-order valence-electron chi connectivity index (χ0n) is 11.7. The molecule has 0 fully saturated rings. The van der Waals surface area contributed by atoms with Crippen LogP contribution < -0.4 is 0 Å². The maximum absolute atomic E-state index is 11.4. The molecule has 0 amide bonds. The molecule has 1 atom stereocenters. The largest absolute Gasteiger partial charge is 0.477 e. The molecule has 1 heterocycles. The number of nitrogens with zero attached hydrogens (tertiary/aromatic N) is 1. The monoisotopic (exact) mass is 291 g/mol. The number of carbonyl (C=O) groups is 1. The number of carboxylic acid groups (broad SMARTS) is 1. The standard InChI is InChI=1S/C18H13NO3/c20-18(21)17-15(10-22-19-17)16-13-7-3-1-5-11(13)9-12-6-2-4-8-14(12)16/h1-9,15H,10H2,(H,20,21). The molecule has 22 heavy (non-hydrogen) atoms. The van der Waals surface area contributed by atoms with Crippen LogP contribution in [-0.2, 0) is 9.63 Å². The van der Waals surface area contributed by atoms with Gasteiger partial charge in [-0.3, -0.25) is 0 Å². The molecule has 1 aliphatic heterocycles. The Morgan fingerprint density at radius 3 is 2.23 bits per heavy atom. The average Bonchev–Trinajstić information content (AvgIpc) is 3.02. The first-order valence-electron chi connectivity index (χ1n) is 7.09. The Hall–Kier alpha value is -2.88. The molecule has 1 unspecified atom stereocenters. The van der Waals surface area contributed by atoms with Gasteiger partial charge in [0.15, 0.2) is 5.71 Å². The highest BCUT2D eigenvalue weighted by Crippen LogP contribution is 2.36. The number of hydrogen-bond donors (Lipinski definition) is 1. The van der Waals surface area contributed by atoms with Gasteiger partial charge in [0.25, 0.3) is 0 Å². The van der Waals surface area contributed by atoms with E-state index in [1.165, 1.54) is 0 Å². The lowest BCUT2D eigenvalue weighted by molar-refractivity contribution is -0.129. The van der Waals surface area contributed by atoms with Gasteiger partial charge in [0.2, 0.25) is 0 Å². The number of hydrogen-bond acceptors (Lipinski definition) is 3. The Kier molecular flexibility index (Phi) is 2.82. The van der Waals surface area contributed by atoms with Gasteiger partial charge < -0.3 is 9.94 Å². The summed E-state index contributed by atoms with van der Waals surface area (Å²) in [7, 11) is 0. The Labute approximate surface area is 126 Å². The van der Waals surface area contributed by atoms with E-state index in [0.29, 0.717) is 0 Å². The summed E-state index contributed by atoms with van der Waals surface area (Å²) in [4.78, 5) is 16.5. The molecular weight excluding hydrogens is 278 g/mol. The smallest absolute Gasteiger partial charge is 0.354 e. The molecule has 0 saturated carbocycles. The van der Waals surface area contributed by atoms with E-state index in [0.717, 1.165) is 27.1 Å². The topological polar surface area (TPSA) is 58.9 Å². The summed E-state index contributed by atoms with van der Waals surface area (Å²) in [6.45, 7) is 0.264. The van der Waals surface area contributed by atoms with E-state index < -0.39 is 5.97 Å². The Balaban J connectivity index is 2.09. The van der Waals surface area contributed by atoms with Crippen LogP contribution in [0, 0.1) is 0 Å². The molecule has 0 aliphatic carbocycles. The molecule has 1 N–H and O–H groups in total. The van der Waals surface area contributed by atoms with Crippen LogP contribution in [0.25, 0.3) is 21.5 Å². The van der Waals surface area contributed by atoms with Gasteiger partial charge in [0, 0.05) is 0 Å². The van der Waals surface area contributed by atoms with Gasteiger partial charge >= 0.3 is 5.97 Å². The van der Waals surface area contributed by atoms with Gasteiger partial charge in [0.05, 0.1) is 5.92 Å². The number of oxime groups is 1. The lowest BCUT2D eigenvalue weighted by atomic mass is 9.86. The van der Waals surface area contributed by atoms with Gasteiger partial charge in [-0.2, -0.15) is 0 Å². The average molecular weight is 291 g/mol. The van der Waals surface area contributed by atoms with Crippen LogP contribution in [0.1, 0.15) is 11.5 Å². The van der Waals surface area contributed by atoms with Crippen molar-refractivity contribution in [1.29, 1.82) is 0 Å². The minimum Gasteiger partial charge on any atom is -0.477 e. The minimum absolute atomic E-state index is 0.0708. The number of carboxylic acids is 1. The van der Waals surface area contributed by atoms with E-state index in [1.54, 1.807) is 0 Å². The third-order valence-electron chi connectivity index (χ3n) is 4.11. The van der Waals surface area contributed by atoms with Gasteiger partial charge in [-0.05, 0) is 33.2 Å². The van der Waals surface area contributed by atoms with Gasteiger partial charge in [0.1, 0.15) is 6.61 Å². The zero-order valence-corrected chi connectivity index (χ0v) is 11.7. The molecule has 0 aromatic heterocycles. The van der Waals surface area contributed by atoms with E-state index in [2.05, 4.69) is 11.2 Å². The predicted molar refractivity (Wildman–Crippen MR) is 85.2 cm³/mol. The van der Waals surface area contributed by atoms with Crippen molar-refractivity contribution >= 4 is 33.2 Å². The molecule has 3 aromatic carbocycles. The minimum atomic E-state index is -1.03. The molecular formula is C18H13NO3. The number of aliphatic carboxylic acids is 1. The maximum Gasteiger partial charge on any atom is 0.354 e. The Morgan fingerprint density at radius 1 is 1.05 bits per heavy atom. The van der Waals surface area contributed by atoms with Crippen LogP contribution in [0.15, 0.2) is 59.8 Å². The molecule has 108 valence electrons. The van der Waals surface area contributed by atoms with Crippen molar-refractivity contribution in [2.75, 3.05) is 6.61 Å². The van der Waals surface area contributed by atoms with Crippen molar-refractivity contribution in [2.45, 2.75) is 5.92 Å². The third-order valence-corrected chi connectivity index (χ3v) is 4.11. The SMILES string of the molecule is O=C(O)C1=NOCC1c1c2ccccc2cc2ccccc12. The number of rotatable bonds is 2. The zero-order chi connectivity index (χ0) is 15.1. The van der Waals surface area contributed by atoms with E-state index in [-0.39, 0.29) is 18.2 Å². The molecule has 0 saturated heterocycles. The van der Waals surface area contributed by atoms with Gasteiger partial charge in [-0.1, -0.05) is 53.7 Å². The van der Waals surface area contributed by atoms with Crippen LogP contribution in [0.2, 0.25) is 0 Å². The van der Waals surface area contributed by atoms with Crippen molar-refractivity contribution in [3.8, 4) is 0 Å². The van der Waals surface area contributed by atoms with E-state index in [1.807, 2.05) is 48.5 Å². The number of fused-ring (bicyclic) bond motifs is 2. The summed E-state index contributed by atoms with van der Waals surface area (Å²) in [6, 6.07) is 18.2. The highest BCUT2D eigenvalue weighted by molar-refractivity contribution is 6.38. The van der Waals surface area contributed by atoms with E-state index in [9.17, 15) is 9.90 Å². The fourth-order valence-electron chi connectivity index (χ4n) is 3.16. The van der Waals surface area contributed by atoms with E-state index in [4.69, 9.17) is 4.84 Å². The fourth-order valence-corrected chi connectivity index (χ4v) is 3.16. The summed E-state index contributed by atoms with van der Waals surface area (Å²) in [5.74, 6) is -1.38. The normalized spacial score (nSPS) is 17.5. The first-order chi connectivity index (χ1) is 10.8. The van der Waals surface area contributed by atoms with Crippen LogP contribution in [0.5, 0.6) is 0 Å². The maximum atomic E-state index is 11.4. The quantitative estimate of drug-likeness (QED) is 0.735. The molecule has 3 aromatic rings. The van der Waals surface area contributed by atoms with Crippen molar-refractivity contribution in [1.82, 2.24) is 0 Å². The first kappa shape index (κ1) is 12.8. The summed E-state index contributed by atoms with van der Waals surface area (Å²) in [6.07, 6.45) is 0. The summed E-state index contributed by atoms with van der Waals surface area (Å²) in [5, 5.41) is 17.4. The van der Waals surface area contributed by atoms with Crippen LogP contribution in [-0.4, -0.2) is 23.4 Å². The molecule has 4 heteroatoms. The third kappa shape index (κ3) is 1.84. The van der Waals surface area contributed by atoms with Crippen LogP contribution in [0.4, 0.5) is 0 Å². The second-order valence-electron chi connectivity index (χ2n) is 5.36. The number of benzene rings is 3. The summed E-state index contributed by atoms with van der Waals surface area (Å²) in [5.41, 5.74) is 1.05. The van der Waals surface area contributed by atoms with Crippen molar-refractivity contribution < 1.29 is 14.7 Å². The fraction of sp³-hybridized carbons (Fsp3) is 0.111. The van der Waals surface area contributed by atoms with Gasteiger partial charge in [-0.15, -0.1) is 0 Å². The molecule has 0 bridgehead atoms. The van der Waals surface area contributed by atoms with Crippen molar-refractivity contribution in [2.24, 2.45) is 5.16 Å². The van der Waals surface area contributed by atoms with E-state index >= 15 is 0 Å². The summed E-state index contributed by atoms with van der Waals surface area (Å²) >= 11 is 0. The van der Waals surface area contributed by atoms with Crippen molar-refractivity contribution in [3.05, 3.63) is 60.2 Å². The van der Waals surface area contributed by atoms with Crippen molar-refractivity contribution in [3.63, 3.8) is 0 Å². The van der Waals surface area contributed by atoms with Crippen LogP contribution >= 0.6 is 0 Å². The van der Waals surface area contributed by atoms with Gasteiger partial charge in [-0.25, -0.2) is 4.79 Å². The highest BCUT2D eigenvalue weighted by Gasteiger charge is 2.32. The molecule has 4 nitrogen and oxygen atoms in total. The molecule has 1 aliphatic rings. The highest BCUT2D eigenvalue weighted by atomic mass is 16.6. The second-order valence-corrected chi connectivity index (χ2v) is 5.36. The second kappa shape index (κ2) is 4.84. The molecule has 0 spiro atoms. The summed E-state index contributed by atoms with van der Waals surface area (Å²) < 4.78 is 0.